The molecule has 0 aliphatic carbocycles. The molecule has 2 rings (SSSR count). The van der Waals surface area contributed by atoms with Gasteiger partial charge >= 0.3 is 6.18 Å². The highest BCUT2D eigenvalue weighted by molar-refractivity contribution is 9.09. The van der Waals surface area contributed by atoms with E-state index in [1.54, 1.807) is 0 Å². The molecule has 19 heavy (non-hydrogen) atoms. The Kier molecular flexibility index (Phi) is 3.38. The Labute approximate surface area is 114 Å². The number of rotatable bonds is 1. The molecule has 0 aromatic carbocycles. The zero-order valence-electron chi connectivity index (χ0n) is 9.97. The Morgan fingerprint density at radius 1 is 1.37 bits per heavy atom. The van der Waals surface area contributed by atoms with Gasteiger partial charge in [-0.05, 0) is 19.9 Å². The van der Waals surface area contributed by atoms with Crippen LogP contribution in [0.2, 0.25) is 0 Å². The number of aryl methyl sites for hydroxylation is 1. The minimum absolute atomic E-state index is 0.0644. The van der Waals surface area contributed by atoms with Gasteiger partial charge < -0.3 is 4.98 Å². The molecule has 4 nitrogen and oxygen atoms in total. The molecule has 0 aliphatic rings. The summed E-state index contributed by atoms with van der Waals surface area (Å²) in [6.45, 7) is 3.01. The van der Waals surface area contributed by atoms with Crippen molar-refractivity contribution in [1.29, 1.82) is 0 Å². The van der Waals surface area contributed by atoms with Crippen molar-refractivity contribution in [2.45, 2.75) is 24.9 Å². The maximum atomic E-state index is 13.0. The van der Waals surface area contributed by atoms with Gasteiger partial charge in [0.25, 0.3) is 5.56 Å². The highest BCUT2D eigenvalue weighted by Crippen LogP contribution is 2.36. The van der Waals surface area contributed by atoms with Gasteiger partial charge in [0.1, 0.15) is 5.82 Å². The molecular weight excluding hydrogens is 327 g/mol. The number of H-pyrrole nitrogens is 1. The SMILES string of the molecule is Cc1nc2cc(C(F)(F)F)c(C(C)Br)nc2c(=O)[nH]1. The molecule has 0 bridgehead atoms. The van der Waals surface area contributed by atoms with Crippen molar-refractivity contribution < 1.29 is 13.2 Å². The lowest BCUT2D eigenvalue weighted by atomic mass is 10.1. The van der Waals surface area contributed by atoms with Crippen LogP contribution in [0.3, 0.4) is 0 Å². The summed E-state index contributed by atoms with van der Waals surface area (Å²) in [4.78, 5) is 21.1. The number of aromatic nitrogens is 3. The van der Waals surface area contributed by atoms with Gasteiger partial charge in [0.05, 0.1) is 21.6 Å². The summed E-state index contributed by atoms with van der Waals surface area (Å²) < 4.78 is 38.9. The molecule has 0 amide bonds. The number of hydrogen-bond donors (Lipinski definition) is 1. The predicted molar refractivity (Wildman–Crippen MR) is 67.2 cm³/mol. The quantitative estimate of drug-likeness (QED) is 0.814. The maximum absolute atomic E-state index is 13.0. The summed E-state index contributed by atoms with van der Waals surface area (Å²) in [7, 11) is 0. The van der Waals surface area contributed by atoms with Crippen LogP contribution >= 0.6 is 15.9 Å². The zero-order valence-corrected chi connectivity index (χ0v) is 11.6. The van der Waals surface area contributed by atoms with Gasteiger partial charge in [-0.1, -0.05) is 15.9 Å². The van der Waals surface area contributed by atoms with E-state index in [1.165, 1.54) is 13.8 Å². The summed E-state index contributed by atoms with van der Waals surface area (Å²) in [6.07, 6.45) is -4.54. The predicted octanol–water partition coefficient (Wildman–Crippen LogP) is 3.10. The van der Waals surface area contributed by atoms with Crippen LogP contribution in [0.15, 0.2) is 10.9 Å². The van der Waals surface area contributed by atoms with E-state index in [1.807, 2.05) is 0 Å². The van der Waals surface area contributed by atoms with Crippen molar-refractivity contribution in [1.82, 2.24) is 15.0 Å². The van der Waals surface area contributed by atoms with Gasteiger partial charge in [-0.3, -0.25) is 4.79 Å². The summed E-state index contributed by atoms with van der Waals surface area (Å²) in [5, 5.41) is 0. The number of nitrogens with one attached hydrogen (secondary N) is 1. The largest absolute Gasteiger partial charge is 0.418 e. The van der Waals surface area contributed by atoms with Crippen molar-refractivity contribution in [3.05, 3.63) is 33.5 Å². The van der Waals surface area contributed by atoms with Gasteiger partial charge in [0, 0.05) is 0 Å². The van der Waals surface area contributed by atoms with E-state index in [0.29, 0.717) is 0 Å². The molecule has 8 heteroatoms. The Morgan fingerprint density at radius 2 is 2.00 bits per heavy atom. The first-order valence-corrected chi connectivity index (χ1v) is 6.24. The average molecular weight is 336 g/mol. The van der Waals surface area contributed by atoms with Crippen LogP contribution in [-0.4, -0.2) is 15.0 Å². The first-order valence-electron chi connectivity index (χ1n) is 5.33. The lowest BCUT2D eigenvalue weighted by Gasteiger charge is -2.14. The minimum atomic E-state index is -4.54. The van der Waals surface area contributed by atoms with E-state index < -0.39 is 22.1 Å². The third-order valence-electron chi connectivity index (χ3n) is 2.51. The number of halogens is 4. The highest BCUT2D eigenvalue weighted by atomic mass is 79.9. The molecule has 1 N–H and O–H groups in total. The molecule has 2 heterocycles. The van der Waals surface area contributed by atoms with Crippen LogP contribution in [0, 0.1) is 6.92 Å². The second kappa shape index (κ2) is 4.59. The van der Waals surface area contributed by atoms with Crippen LogP contribution in [-0.2, 0) is 6.18 Å². The fourth-order valence-electron chi connectivity index (χ4n) is 1.73. The number of nitrogens with zero attached hydrogens (tertiary/aromatic N) is 2. The van der Waals surface area contributed by atoms with E-state index in [2.05, 4.69) is 30.9 Å². The topological polar surface area (TPSA) is 58.6 Å². The van der Waals surface area contributed by atoms with E-state index >= 15 is 0 Å². The summed E-state index contributed by atoms with van der Waals surface area (Å²) in [6, 6.07) is 0.859. The Bertz CT molecular complexity index is 694. The molecule has 0 aliphatic heterocycles. The number of pyridine rings is 1. The van der Waals surface area contributed by atoms with Crippen molar-refractivity contribution in [2.24, 2.45) is 0 Å². The molecule has 0 fully saturated rings. The van der Waals surface area contributed by atoms with Crippen LogP contribution in [0.4, 0.5) is 13.2 Å². The van der Waals surface area contributed by atoms with Gasteiger partial charge in [-0.15, -0.1) is 0 Å². The molecule has 0 saturated carbocycles. The second-order valence-electron chi connectivity index (χ2n) is 4.05. The third-order valence-corrected chi connectivity index (χ3v) is 2.95. The summed E-state index contributed by atoms with van der Waals surface area (Å²) in [5.41, 5.74) is -1.82. The zero-order chi connectivity index (χ0) is 14.4. The molecule has 102 valence electrons. The third kappa shape index (κ3) is 2.63. The monoisotopic (exact) mass is 335 g/mol. The van der Waals surface area contributed by atoms with E-state index in [-0.39, 0.29) is 22.6 Å². The van der Waals surface area contributed by atoms with Crippen molar-refractivity contribution in [2.75, 3.05) is 0 Å². The van der Waals surface area contributed by atoms with Crippen LogP contribution in [0.25, 0.3) is 11.0 Å². The van der Waals surface area contributed by atoms with Gasteiger partial charge in [0.2, 0.25) is 0 Å². The van der Waals surface area contributed by atoms with Crippen LogP contribution in [0.5, 0.6) is 0 Å². The van der Waals surface area contributed by atoms with Crippen LogP contribution < -0.4 is 5.56 Å². The molecule has 0 saturated heterocycles. The number of fused-ring (bicyclic) bond motifs is 1. The second-order valence-corrected chi connectivity index (χ2v) is 5.43. The highest BCUT2D eigenvalue weighted by Gasteiger charge is 2.36. The summed E-state index contributed by atoms with van der Waals surface area (Å²) >= 11 is 3.06. The molecule has 2 aromatic rings. The molecule has 1 unspecified atom stereocenters. The fourth-order valence-corrected chi connectivity index (χ4v) is 2.08. The fraction of sp³-hybridized carbons (Fsp3) is 0.364. The molecule has 0 spiro atoms. The molecular formula is C11H9BrF3N3O. The minimum Gasteiger partial charge on any atom is -0.309 e. The normalized spacial score (nSPS) is 13.8. The van der Waals surface area contributed by atoms with Gasteiger partial charge in [0.15, 0.2) is 5.52 Å². The lowest BCUT2D eigenvalue weighted by Crippen LogP contribution is -2.17. The van der Waals surface area contributed by atoms with Crippen molar-refractivity contribution in [3.63, 3.8) is 0 Å². The van der Waals surface area contributed by atoms with Crippen molar-refractivity contribution >= 4 is 27.0 Å². The Hall–Kier alpha value is -1.44. The van der Waals surface area contributed by atoms with Gasteiger partial charge in [-0.2, -0.15) is 13.2 Å². The maximum Gasteiger partial charge on any atom is 0.418 e. The molecule has 1 atom stereocenters. The van der Waals surface area contributed by atoms with E-state index in [9.17, 15) is 18.0 Å². The first kappa shape index (κ1) is 14.0. The van der Waals surface area contributed by atoms with Crippen molar-refractivity contribution in [3.8, 4) is 0 Å². The number of hydrogen-bond acceptors (Lipinski definition) is 3. The summed E-state index contributed by atoms with van der Waals surface area (Å²) in [5.74, 6) is 0.243. The average Bonchev–Trinajstić information content (AvgIpc) is 2.25. The van der Waals surface area contributed by atoms with Crippen LogP contribution in [0.1, 0.15) is 28.8 Å². The number of alkyl halides is 4. The van der Waals surface area contributed by atoms with E-state index in [4.69, 9.17) is 0 Å². The standard InChI is InChI=1S/C11H9BrF3N3O/c1-4(12)8-6(11(13,14)15)3-7-9(18-8)10(19)17-5(2)16-7/h3-4H,1-2H3,(H,16,17,19). The Balaban J connectivity index is 2.89. The Morgan fingerprint density at radius 3 is 2.53 bits per heavy atom. The lowest BCUT2D eigenvalue weighted by molar-refractivity contribution is -0.138. The number of aromatic amines is 1. The molecule has 2 aromatic heterocycles. The smallest absolute Gasteiger partial charge is 0.309 e. The van der Waals surface area contributed by atoms with E-state index in [0.717, 1.165) is 6.07 Å². The molecule has 0 radical (unpaired) electrons. The first-order chi connectivity index (χ1) is 8.70. The van der Waals surface area contributed by atoms with Gasteiger partial charge in [-0.25, -0.2) is 9.97 Å².